The van der Waals surface area contributed by atoms with E-state index >= 15 is 0 Å². The van der Waals surface area contributed by atoms with E-state index in [4.69, 9.17) is 11.6 Å². The largest absolute Gasteiger partial charge is 0.302 e. The van der Waals surface area contributed by atoms with Gasteiger partial charge in [0, 0.05) is 12.3 Å². The minimum atomic E-state index is -0.0249. The van der Waals surface area contributed by atoms with E-state index in [1.54, 1.807) is 0 Å². The summed E-state index contributed by atoms with van der Waals surface area (Å²) in [5, 5.41) is 3.48. The van der Waals surface area contributed by atoms with Crippen molar-refractivity contribution in [2.45, 2.75) is 26.7 Å². The van der Waals surface area contributed by atoms with Gasteiger partial charge >= 0.3 is 0 Å². The number of halogens is 1. The third kappa shape index (κ3) is 3.00. The molecule has 0 aliphatic carbocycles. The fourth-order valence-corrected chi connectivity index (χ4v) is 2.74. The summed E-state index contributed by atoms with van der Waals surface area (Å²) in [6, 6.07) is 4.16. The number of amides is 1. The zero-order valence-corrected chi connectivity index (χ0v) is 12.0. The number of alkyl halides is 1. The molecule has 0 aliphatic rings. The average molecular weight is 283 g/mol. The van der Waals surface area contributed by atoms with Gasteiger partial charge in [-0.3, -0.25) is 4.79 Å². The van der Waals surface area contributed by atoms with Crippen molar-refractivity contribution in [3.8, 4) is 0 Å². The van der Waals surface area contributed by atoms with Crippen LogP contribution < -0.4 is 5.32 Å². The summed E-state index contributed by atoms with van der Waals surface area (Å²) in [6.45, 7) is 4.14. The number of anilines is 1. The Morgan fingerprint density at radius 2 is 2.11 bits per heavy atom. The van der Waals surface area contributed by atoms with Crippen LogP contribution in [0.15, 0.2) is 12.1 Å². The Balaban J connectivity index is 2.17. The van der Waals surface area contributed by atoms with Gasteiger partial charge in [0.2, 0.25) is 5.91 Å². The SMILES string of the molecule is Cc1cc2nc(NC(=O)CCCCl)sc2cc1C. The lowest BCUT2D eigenvalue weighted by Crippen LogP contribution is -2.10. The van der Waals surface area contributed by atoms with Crippen LogP contribution in [-0.4, -0.2) is 16.8 Å². The minimum absolute atomic E-state index is 0.0249. The van der Waals surface area contributed by atoms with Gasteiger partial charge in [0.1, 0.15) is 0 Å². The molecule has 5 heteroatoms. The summed E-state index contributed by atoms with van der Waals surface area (Å²) in [5.74, 6) is 0.481. The van der Waals surface area contributed by atoms with Crippen LogP contribution in [0, 0.1) is 13.8 Å². The third-order valence-corrected chi connectivity index (χ3v) is 3.99. The number of nitrogens with zero attached hydrogens (tertiary/aromatic N) is 1. The maximum atomic E-state index is 11.6. The third-order valence-electron chi connectivity index (χ3n) is 2.79. The number of hydrogen-bond donors (Lipinski definition) is 1. The van der Waals surface area contributed by atoms with Gasteiger partial charge in [0.05, 0.1) is 10.2 Å². The van der Waals surface area contributed by atoms with Crippen LogP contribution in [0.3, 0.4) is 0 Å². The van der Waals surface area contributed by atoms with Gasteiger partial charge in [-0.05, 0) is 43.5 Å². The number of carbonyl (C=O) groups is 1. The first kappa shape index (κ1) is 13.3. The van der Waals surface area contributed by atoms with Gasteiger partial charge in [-0.2, -0.15) is 0 Å². The highest BCUT2D eigenvalue weighted by atomic mass is 35.5. The quantitative estimate of drug-likeness (QED) is 0.865. The van der Waals surface area contributed by atoms with E-state index in [0.717, 1.165) is 10.2 Å². The number of hydrogen-bond acceptors (Lipinski definition) is 3. The van der Waals surface area contributed by atoms with Crippen LogP contribution in [0.25, 0.3) is 10.2 Å². The van der Waals surface area contributed by atoms with Gasteiger partial charge in [-0.15, -0.1) is 11.6 Å². The molecular formula is C13H15ClN2OS. The van der Waals surface area contributed by atoms with E-state index in [-0.39, 0.29) is 5.91 Å². The normalized spacial score (nSPS) is 10.8. The van der Waals surface area contributed by atoms with Crippen LogP contribution in [0.4, 0.5) is 5.13 Å². The predicted octanol–water partition coefficient (Wildman–Crippen LogP) is 3.87. The molecule has 0 atom stereocenters. The number of thiazole rings is 1. The van der Waals surface area contributed by atoms with Crippen molar-refractivity contribution in [2.24, 2.45) is 0 Å². The Hall–Kier alpha value is -1.13. The second-order valence-corrected chi connectivity index (χ2v) is 5.67. The number of fused-ring (bicyclic) bond motifs is 1. The highest BCUT2D eigenvalue weighted by molar-refractivity contribution is 7.22. The molecule has 1 heterocycles. The number of nitrogens with one attached hydrogen (secondary N) is 1. The highest BCUT2D eigenvalue weighted by Crippen LogP contribution is 2.28. The van der Waals surface area contributed by atoms with Gasteiger partial charge < -0.3 is 5.32 Å². The molecule has 0 saturated carbocycles. The molecule has 2 rings (SSSR count). The Morgan fingerprint density at radius 3 is 2.83 bits per heavy atom. The summed E-state index contributed by atoms with van der Waals surface area (Å²) < 4.78 is 1.10. The first-order chi connectivity index (χ1) is 8.60. The average Bonchev–Trinajstić information content (AvgIpc) is 2.68. The summed E-state index contributed by atoms with van der Waals surface area (Å²) in [4.78, 5) is 16.0. The second-order valence-electron chi connectivity index (χ2n) is 4.26. The van der Waals surface area contributed by atoms with Crippen molar-refractivity contribution in [3.63, 3.8) is 0 Å². The predicted molar refractivity (Wildman–Crippen MR) is 77.7 cm³/mol. The van der Waals surface area contributed by atoms with Gasteiger partial charge in [-0.1, -0.05) is 11.3 Å². The maximum absolute atomic E-state index is 11.6. The number of aromatic nitrogens is 1. The topological polar surface area (TPSA) is 42.0 Å². The first-order valence-corrected chi connectivity index (χ1v) is 7.19. The Bertz CT molecular complexity index is 541. The molecule has 1 amide bonds. The standard InChI is InChI=1S/C13H15ClN2OS/c1-8-6-10-11(7-9(8)2)18-13(15-10)16-12(17)4-3-5-14/h6-7H,3-5H2,1-2H3,(H,15,16,17). The molecule has 1 N–H and O–H groups in total. The Labute approximate surface area is 115 Å². The fraction of sp³-hybridized carbons (Fsp3) is 0.385. The molecule has 0 aliphatic heterocycles. The maximum Gasteiger partial charge on any atom is 0.226 e. The Morgan fingerprint density at radius 1 is 1.39 bits per heavy atom. The van der Waals surface area contributed by atoms with Crippen molar-refractivity contribution < 1.29 is 4.79 Å². The monoisotopic (exact) mass is 282 g/mol. The zero-order valence-electron chi connectivity index (χ0n) is 10.4. The highest BCUT2D eigenvalue weighted by Gasteiger charge is 2.08. The molecule has 0 spiro atoms. The molecule has 0 fully saturated rings. The van der Waals surface area contributed by atoms with Crippen molar-refractivity contribution in [1.29, 1.82) is 0 Å². The molecule has 1 aromatic heterocycles. The molecule has 18 heavy (non-hydrogen) atoms. The van der Waals surface area contributed by atoms with Gasteiger partial charge in [0.25, 0.3) is 0 Å². The molecule has 0 saturated heterocycles. The van der Waals surface area contributed by atoms with Crippen LogP contribution in [-0.2, 0) is 4.79 Å². The first-order valence-electron chi connectivity index (χ1n) is 5.84. The van der Waals surface area contributed by atoms with Crippen LogP contribution in [0.2, 0.25) is 0 Å². The summed E-state index contributed by atoms with van der Waals surface area (Å²) >= 11 is 7.06. The van der Waals surface area contributed by atoms with E-state index < -0.39 is 0 Å². The number of rotatable bonds is 4. The summed E-state index contributed by atoms with van der Waals surface area (Å²) in [5.41, 5.74) is 3.40. The number of benzene rings is 1. The molecular weight excluding hydrogens is 268 g/mol. The molecule has 0 bridgehead atoms. The molecule has 0 unspecified atom stereocenters. The lowest BCUT2D eigenvalue weighted by atomic mass is 10.1. The molecule has 96 valence electrons. The van der Waals surface area contributed by atoms with Crippen LogP contribution in [0.1, 0.15) is 24.0 Å². The Kier molecular flexibility index (Phi) is 4.19. The van der Waals surface area contributed by atoms with Crippen LogP contribution >= 0.6 is 22.9 Å². The van der Waals surface area contributed by atoms with Crippen molar-refractivity contribution in [2.75, 3.05) is 11.2 Å². The minimum Gasteiger partial charge on any atom is -0.302 e. The number of aryl methyl sites for hydroxylation is 2. The van der Waals surface area contributed by atoms with Gasteiger partial charge in [-0.25, -0.2) is 4.98 Å². The fourth-order valence-electron chi connectivity index (χ4n) is 1.64. The van der Waals surface area contributed by atoms with E-state index in [1.165, 1.54) is 22.5 Å². The van der Waals surface area contributed by atoms with Crippen molar-refractivity contribution >= 4 is 44.2 Å². The van der Waals surface area contributed by atoms with Crippen molar-refractivity contribution in [3.05, 3.63) is 23.3 Å². The van der Waals surface area contributed by atoms with E-state index in [0.29, 0.717) is 23.9 Å². The summed E-state index contributed by atoms with van der Waals surface area (Å²) in [6.07, 6.45) is 1.13. The lowest BCUT2D eigenvalue weighted by Gasteiger charge is -1.98. The van der Waals surface area contributed by atoms with E-state index in [2.05, 4.69) is 36.3 Å². The molecule has 1 aromatic carbocycles. The lowest BCUT2D eigenvalue weighted by molar-refractivity contribution is -0.116. The molecule has 0 radical (unpaired) electrons. The molecule has 3 nitrogen and oxygen atoms in total. The number of carbonyl (C=O) groups excluding carboxylic acids is 1. The van der Waals surface area contributed by atoms with Gasteiger partial charge in [0.15, 0.2) is 5.13 Å². The second kappa shape index (κ2) is 5.67. The molecule has 2 aromatic rings. The van der Waals surface area contributed by atoms with Crippen molar-refractivity contribution in [1.82, 2.24) is 4.98 Å². The van der Waals surface area contributed by atoms with E-state index in [9.17, 15) is 4.79 Å². The van der Waals surface area contributed by atoms with E-state index in [1.807, 2.05) is 0 Å². The summed E-state index contributed by atoms with van der Waals surface area (Å²) in [7, 11) is 0. The smallest absolute Gasteiger partial charge is 0.226 e. The zero-order chi connectivity index (χ0) is 13.1. The van der Waals surface area contributed by atoms with Crippen LogP contribution in [0.5, 0.6) is 0 Å².